The lowest BCUT2D eigenvalue weighted by molar-refractivity contribution is 0.101. The molecule has 1 amide bonds. The molecule has 6 heteroatoms. The third-order valence-corrected chi connectivity index (χ3v) is 4.35. The van der Waals surface area contributed by atoms with Crippen molar-refractivity contribution in [2.24, 2.45) is 0 Å². The van der Waals surface area contributed by atoms with Gasteiger partial charge >= 0.3 is 0 Å². The number of rotatable bonds is 5. The normalized spacial score (nSPS) is 10.9. The molecule has 1 aromatic carbocycles. The molecular weight excluding hydrogens is 338 g/mol. The van der Waals surface area contributed by atoms with Crippen LogP contribution >= 0.6 is 11.6 Å². The first kappa shape index (κ1) is 17.3. The van der Waals surface area contributed by atoms with Crippen LogP contribution in [0.3, 0.4) is 0 Å². The summed E-state index contributed by atoms with van der Waals surface area (Å²) >= 11 is 6.12. The molecule has 0 radical (unpaired) electrons. The van der Waals surface area contributed by atoms with Crippen LogP contribution in [0.2, 0.25) is 5.02 Å². The lowest BCUT2D eigenvalue weighted by Crippen LogP contribution is -2.19. The van der Waals surface area contributed by atoms with Gasteiger partial charge in [-0.15, -0.1) is 0 Å². The summed E-state index contributed by atoms with van der Waals surface area (Å²) in [5.41, 5.74) is 2.49. The zero-order valence-electron chi connectivity index (χ0n) is 14.5. The van der Waals surface area contributed by atoms with E-state index in [0.717, 1.165) is 16.5 Å². The number of amides is 1. The van der Waals surface area contributed by atoms with Crippen molar-refractivity contribution in [2.45, 2.75) is 27.3 Å². The predicted octanol–water partition coefficient (Wildman–Crippen LogP) is 4.67. The van der Waals surface area contributed by atoms with Crippen molar-refractivity contribution < 1.29 is 9.53 Å². The smallest absolute Gasteiger partial charge is 0.273 e. The Kier molecular flexibility index (Phi) is 4.95. The standard InChI is InChI=1S/C19H20ClN3O2/c1-4-23-15-9-8-13(20)11-14(15)12(3)17(23)19(24)22-18-16(25-5-2)7-6-10-21-18/h6-11H,4-5H2,1-3H3,(H,21,22,24). The average molecular weight is 358 g/mol. The van der Waals surface area contributed by atoms with Crippen LogP contribution in [0, 0.1) is 6.92 Å². The molecular formula is C19H20ClN3O2. The number of hydrogen-bond donors (Lipinski definition) is 1. The van der Waals surface area contributed by atoms with Crippen molar-refractivity contribution >= 4 is 34.2 Å². The monoisotopic (exact) mass is 357 g/mol. The molecule has 0 saturated heterocycles. The van der Waals surface area contributed by atoms with E-state index in [1.54, 1.807) is 18.3 Å². The number of pyridine rings is 1. The molecule has 130 valence electrons. The minimum atomic E-state index is -0.216. The van der Waals surface area contributed by atoms with Crippen molar-refractivity contribution in [3.63, 3.8) is 0 Å². The fourth-order valence-electron chi connectivity index (χ4n) is 3.04. The lowest BCUT2D eigenvalue weighted by Gasteiger charge is -2.12. The van der Waals surface area contributed by atoms with E-state index in [4.69, 9.17) is 16.3 Å². The molecule has 0 aliphatic rings. The number of carbonyl (C=O) groups excluding carboxylic acids is 1. The first-order valence-electron chi connectivity index (χ1n) is 8.24. The van der Waals surface area contributed by atoms with Crippen molar-refractivity contribution in [3.8, 4) is 5.75 Å². The van der Waals surface area contributed by atoms with Gasteiger partial charge in [0.05, 0.1) is 6.61 Å². The van der Waals surface area contributed by atoms with E-state index in [2.05, 4.69) is 10.3 Å². The summed E-state index contributed by atoms with van der Waals surface area (Å²) in [5, 5.41) is 4.50. The van der Waals surface area contributed by atoms with Crippen molar-refractivity contribution in [3.05, 3.63) is 52.8 Å². The quantitative estimate of drug-likeness (QED) is 0.722. The second-order valence-electron chi connectivity index (χ2n) is 5.62. The van der Waals surface area contributed by atoms with E-state index in [1.165, 1.54) is 0 Å². The second-order valence-corrected chi connectivity index (χ2v) is 6.05. The maximum atomic E-state index is 13.0. The summed E-state index contributed by atoms with van der Waals surface area (Å²) < 4.78 is 7.52. The van der Waals surface area contributed by atoms with E-state index in [-0.39, 0.29) is 5.91 Å². The van der Waals surface area contributed by atoms with Gasteiger partial charge in [-0.1, -0.05) is 11.6 Å². The van der Waals surface area contributed by atoms with Gasteiger partial charge in [0.25, 0.3) is 5.91 Å². The van der Waals surface area contributed by atoms with Gasteiger partial charge in [0.1, 0.15) is 5.69 Å². The Morgan fingerprint density at radius 3 is 2.84 bits per heavy atom. The van der Waals surface area contributed by atoms with Crippen LogP contribution in [-0.4, -0.2) is 22.1 Å². The number of benzene rings is 1. The maximum Gasteiger partial charge on any atom is 0.273 e. The number of nitrogens with zero attached hydrogens (tertiary/aromatic N) is 2. The fraction of sp³-hybridized carbons (Fsp3) is 0.263. The number of nitrogens with one attached hydrogen (secondary N) is 1. The summed E-state index contributed by atoms with van der Waals surface area (Å²) in [5.74, 6) is 0.754. The van der Waals surface area contributed by atoms with Crippen molar-refractivity contribution in [1.29, 1.82) is 0 Å². The van der Waals surface area contributed by atoms with E-state index in [0.29, 0.717) is 35.4 Å². The zero-order chi connectivity index (χ0) is 18.0. The van der Waals surface area contributed by atoms with Gasteiger partial charge in [0.2, 0.25) is 0 Å². The van der Waals surface area contributed by atoms with Gasteiger partial charge in [-0.3, -0.25) is 4.79 Å². The molecule has 0 aliphatic carbocycles. The number of anilines is 1. The highest BCUT2D eigenvalue weighted by Gasteiger charge is 2.21. The van der Waals surface area contributed by atoms with Crippen LogP contribution in [0.15, 0.2) is 36.5 Å². The Labute approximate surface area is 151 Å². The highest BCUT2D eigenvalue weighted by Crippen LogP contribution is 2.29. The average Bonchev–Trinajstić information content (AvgIpc) is 2.88. The number of ether oxygens (including phenoxy) is 1. The van der Waals surface area contributed by atoms with Gasteiger partial charge in [0.15, 0.2) is 11.6 Å². The third kappa shape index (κ3) is 3.20. The molecule has 5 nitrogen and oxygen atoms in total. The van der Waals surface area contributed by atoms with Gasteiger partial charge in [-0.2, -0.15) is 0 Å². The van der Waals surface area contributed by atoms with E-state index < -0.39 is 0 Å². The highest BCUT2D eigenvalue weighted by atomic mass is 35.5. The number of aromatic nitrogens is 2. The van der Waals surface area contributed by atoms with Crippen LogP contribution in [-0.2, 0) is 6.54 Å². The first-order chi connectivity index (χ1) is 12.1. The van der Waals surface area contributed by atoms with Crippen LogP contribution in [0.1, 0.15) is 29.9 Å². The number of fused-ring (bicyclic) bond motifs is 1. The van der Waals surface area contributed by atoms with E-state index in [9.17, 15) is 4.79 Å². The lowest BCUT2D eigenvalue weighted by atomic mass is 10.1. The summed E-state index contributed by atoms with van der Waals surface area (Å²) in [4.78, 5) is 17.2. The van der Waals surface area contributed by atoms with Crippen LogP contribution in [0.25, 0.3) is 10.9 Å². The molecule has 0 aliphatic heterocycles. The number of hydrogen-bond acceptors (Lipinski definition) is 3. The van der Waals surface area contributed by atoms with E-state index in [1.807, 2.05) is 43.5 Å². The first-order valence-corrected chi connectivity index (χ1v) is 8.62. The minimum Gasteiger partial charge on any atom is -0.490 e. The van der Waals surface area contributed by atoms with Crippen LogP contribution < -0.4 is 10.1 Å². The largest absolute Gasteiger partial charge is 0.490 e. The molecule has 25 heavy (non-hydrogen) atoms. The van der Waals surface area contributed by atoms with Crippen LogP contribution in [0.5, 0.6) is 5.75 Å². The molecule has 0 atom stereocenters. The van der Waals surface area contributed by atoms with Crippen molar-refractivity contribution in [2.75, 3.05) is 11.9 Å². The SMILES string of the molecule is CCOc1cccnc1NC(=O)c1c(C)c2cc(Cl)ccc2n1CC. The van der Waals surface area contributed by atoms with Crippen molar-refractivity contribution in [1.82, 2.24) is 9.55 Å². The maximum absolute atomic E-state index is 13.0. The molecule has 2 aromatic heterocycles. The molecule has 0 spiro atoms. The molecule has 0 bridgehead atoms. The Hall–Kier alpha value is -2.53. The summed E-state index contributed by atoms with van der Waals surface area (Å²) in [6, 6.07) is 9.23. The summed E-state index contributed by atoms with van der Waals surface area (Å²) in [6.07, 6.45) is 1.63. The molecule has 3 aromatic rings. The Morgan fingerprint density at radius 1 is 1.32 bits per heavy atom. The molecule has 0 saturated carbocycles. The number of halogens is 1. The molecule has 0 fully saturated rings. The summed E-state index contributed by atoms with van der Waals surface area (Å²) in [6.45, 7) is 7.01. The fourth-order valence-corrected chi connectivity index (χ4v) is 3.21. The van der Waals surface area contributed by atoms with Gasteiger partial charge in [-0.25, -0.2) is 4.98 Å². The molecule has 2 heterocycles. The van der Waals surface area contributed by atoms with Gasteiger partial charge in [-0.05, 0) is 56.7 Å². The van der Waals surface area contributed by atoms with E-state index >= 15 is 0 Å². The Morgan fingerprint density at radius 2 is 2.12 bits per heavy atom. The number of carbonyl (C=O) groups is 1. The number of aryl methyl sites for hydroxylation is 2. The Balaban J connectivity index is 2.05. The minimum absolute atomic E-state index is 0.216. The Bertz CT molecular complexity index is 934. The molecule has 1 N–H and O–H groups in total. The predicted molar refractivity (Wildman–Crippen MR) is 101 cm³/mol. The summed E-state index contributed by atoms with van der Waals surface area (Å²) in [7, 11) is 0. The third-order valence-electron chi connectivity index (χ3n) is 4.11. The van der Waals surface area contributed by atoms with Gasteiger partial charge in [0, 0.05) is 28.7 Å². The van der Waals surface area contributed by atoms with Gasteiger partial charge < -0.3 is 14.6 Å². The highest BCUT2D eigenvalue weighted by molar-refractivity contribution is 6.31. The topological polar surface area (TPSA) is 56.1 Å². The molecule has 3 rings (SSSR count). The zero-order valence-corrected chi connectivity index (χ0v) is 15.2. The van der Waals surface area contributed by atoms with Crippen LogP contribution in [0.4, 0.5) is 5.82 Å². The second kappa shape index (κ2) is 7.15. The molecule has 0 unspecified atom stereocenters.